The molecule has 0 bridgehead atoms. The van der Waals surface area contributed by atoms with E-state index < -0.39 is 0 Å². The van der Waals surface area contributed by atoms with Gasteiger partial charge in [0.25, 0.3) is 0 Å². The summed E-state index contributed by atoms with van der Waals surface area (Å²) in [7, 11) is 0. The number of nitrogens with zero attached hydrogens (tertiary/aromatic N) is 2. The number of hydrogen-bond donors (Lipinski definition) is 1. The van der Waals surface area contributed by atoms with Gasteiger partial charge in [0.15, 0.2) is 0 Å². The zero-order chi connectivity index (χ0) is 11.7. The van der Waals surface area contributed by atoms with Crippen molar-refractivity contribution in [2.75, 3.05) is 11.9 Å². The number of aryl methyl sites for hydroxylation is 1. The van der Waals surface area contributed by atoms with E-state index >= 15 is 0 Å². The molecule has 1 aromatic carbocycles. The highest BCUT2D eigenvalue weighted by atomic mass is 15.2. The molecular weight excluding hydrogens is 210 g/mol. The third-order valence-corrected chi connectivity index (χ3v) is 3.44. The second-order valence-electron chi connectivity index (χ2n) is 4.44. The van der Waals surface area contributed by atoms with Gasteiger partial charge in [0.2, 0.25) is 5.95 Å². The molecule has 2 aromatic rings. The van der Waals surface area contributed by atoms with Gasteiger partial charge in [-0.25, -0.2) is 4.98 Å². The molecule has 0 fully saturated rings. The monoisotopic (exact) mass is 227 g/mol. The van der Waals surface area contributed by atoms with Gasteiger partial charge in [-0.15, -0.1) is 0 Å². The van der Waals surface area contributed by atoms with E-state index in [2.05, 4.69) is 52.3 Å². The van der Waals surface area contributed by atoms with Crippen molar-refractivity contribution in [3.63, 3.8) is 0 Å². The highest BCUT2D eigenvalue weighted by molar-refractivity contribution is 5.38. The van der Waals surface area contributed by atoms with E-state index in [1.165, 1.54) is 24.0 Å². The first-order valence-electron chi connectivity index (χ1n) is 6.24. The third-order valence-electron chi connectivity index (χ3n) is 3.44. The van der Waals surface area contributed by atoms with E-state index in [0.29, 0.717) is 6.04 Å². The van der Waals surface area contributed by atoms with Gasteiger partial charge in [0, 0.05) is 18.9 Å². The van der Waals surface area contributed by atoms with Crippen LogP contribution in [0, 0.1) is 0 Å². The first-order chi connectivity index (χ1) is 8.40. The lowest BCUT2D eigenvalue weighted by atomic mass is 10.1. The molecule has 3 heteroatoms. The number of nitrogens with one attached hydrogen (secondary N) is 1. The quantitative estimate of drug-likeness (QED) is 0.873. The van der Waals surface area contributed by atoms with Crippen molar-refractivity contribution in [3.8, 4) is 0 Å². The first kappa shape index (κ1) is 10.4. The van der Waals surface area contributed by atoms with Crippen molar-refractivity contribution in [3.05, 3.63) is 47.8 Å². The van der Waals surface area contributed by atoms with Gasteiger partial charge in [-0.3, -0.25) is 0 Å². The SMILES string of the molecule is CCNc1nccn1C1CCc2ccccc21. The van der Waals surface area contributed by atoms with Crippen LogP contribution in [0.2, 0.25) is 0 Å². The number of anilines is 1. The molecule has 0 spiro atoms. The van der Waals surface area contributed by atoms with E-state index in [-0.39, 0.29) is 0 Å². The minimum absolute atomic E-state index is 0.447. The van der Waals surface area contributed by atoms with E-state index in [1.807, 2.05) is 6.20 Å². The van der Waals surface area contributed by atoms with Crippen LogP contribution in [0.1, 0.15) is 30.5 Å². The van der Waals surface area contributed by atoms with Crippen molar-refractivity contribution in [1.29, 1.82) is 0 Å². The lowest BCUT2D eigenvalue weighted by Gasteiger charge is -2.16. The predicted molar refractivity (Wildman–Crippen MR) is 69.3 cm³/mol. The number of imidazole rings is 1. The van der Waals surface area contributed by atoms with E-state index in [4.69, 9.17) is 0 Å². The average molecular weight is 227 g/mol. The Morgan fingerprint density at radius 1 is 1.41 bits per heavy atom. The molecule has 1 aliphatic carbocycles. The van der Waals surface area contributed by atoms with Gasteiger partial charge in [-0.1, -0.05) is 24.3 Å². The molecular formula is C14H17N3. The molecule has 88 valence electrons. The van der Waals surface area contributed by atoms with Crippen molar-refractivity contribution >= 4 is 5.95 Å². The summed E-state index contributed by atoms with van der Waals surface area (Å²) in [6, 6.07) is 9.17. The molecule has 0 saturated heterocycles. The van der Waals surface area contributed by atoms with Crippen LogP contribution in [0.3, 0.4) is 0 Å². The molecule has 1 aromatic heterocycles. The van der Waals surface area contributed by atoms with Crippen molar-refractivity contribution in [2.45, 2.75) is 25.8 Å². The Labute approximate surface area is 101 Å². The standard InChI is InChI=1S/C14H17N3/c1-2-15-14-16-9-10-17(14)13-8-7-11-5-3-4-6-12(11)13/h3-6,9-10,13H,2,7-8H2,1H3,(H,15,16). The largest absolute Gasteiger partial charge is 0.356 e. The van der Waals surface area contributed by atoms with Crippen molar-refractivity contribution in [2.24, 2.45) is 0 Å². The molecule has 0 saturated carbocycles. The first-order valence-corrected chi connectivity index (χ1v) is 6.24. The smallest absolute Gasteiger partial charge is 0.203 e. The summed E-state index contributed by atoms with van der Waals surface area (Å²) in [6.45, 7) is 3.01. The summed E-state index contributed by atoms with van der Waals surface area (Å²) in [6.07, 6.45) is 6.29. The van der Waals surface area contributed by atoms with Gasteiger partial charge in [-0.2, -0.15) is 0 Å². The summed E-state index contributed by atoms with van der Waals surface area (Å²) >= 11 is 0. The Morgan fingerprint density at radius 2 is 2.29 bits per heavy atom. The van der Waals surface area contributed by atoms with Crippen LogP contribution in [0.25, 0.3) is 0 Å². The normalized spacial score (nSPS) is 18.1. The highest BCUT2D eigenvalue weighted by Gasteiger charge is 2.24. The average Bonchev–Trinajstić information content (AvgIpc) is 2.95. The van der Waals surface area contributed by atoms with E-state index in [0.717, 1.165) is 12.5 Å². The fourth-order valence-electron chi connectivity index (χ4n) is 2.68. The molecule has 17 heavy (non-hydrogen) atoms. The predicted octanol–water partition coefficient (Wildman–Crippen LogP) is 2.85. The Bertz CT molecular complexity index is 516. The second-order valence-corrected chi connectivity index (χ2v) is 4.44. The maximum atomic E-state index is 4.38. The van der Waals surface area contributed by atoms with Gasteiger partial charge in [0.05, 0.1) is 6.04 Å². The molecule has 1 N–H and O–H groups in total. The van der Waals surface area contributed by atoms with Gasteiger partial charge in [0.1, 0.15) is 0 Å². The Morgan fingerprint density at radius 3 is 3.18 bits per heavy atom. The van der Waals surface area contributed by atoms with Crippen LogP contribution >= 0.6 is 0 Å². The molecule has 1 heterocycles. The lowest BCUT2D eigenvalue weighted by Crippen LogP contribution is -2.11. The lowest BCUT2D eigenvalue weighted by molar-refractivity contribution is 0.584. The fourth-order valence-corrected chi connectivity index (χ4v) is 2.68. The van der Waals surface area contributed by atoms with Crippen LogP contribution < -0.4 is 5.32 Å². The molecule has 3 rings (SSSR count). The Balaban J connectivity index is 1.98. The number of rotatable bonds is 3. The number of aromatic nitrogens is 2. The summed E-state index contributed by atoms with van der Waals surface area (Å²) in [4.78, 5) is 4.38. The fraction of sp³-hybridized carbons (Fsp3) is 0.357. The Hall–Kier alpha value is -1.77. The van der Waals surface area contributed by atoms with Gasteiger partial charge < -0.3 is 9.88 Å². The molecule has 0 radical (unpaired) electrons. The molecule has 1 atom stereocenters. The Kier molecular flexibility index (Phi) is 2.59. The molecule has 0 aliphatic heterocycles. The second kappa shape index (κ2) is 4.24. The topological polar surface area (TPSA) is 29.9 Å². The van der Waals surface area contributed by atoms with Crippen molar-refractivity contribution in [1.82, 2.24) is 9.55 Å². The maximum absolute atomic E-state index is 4.38. The number of benzene rings is 1. The number of fused-ring (bicyclic) bond motifs is 1. The van der Waals surface area contributed by atoms with Crippen LogP contribution in [0.4, 0.5) is 5.95 Å². The third kappa shape index (κ3) is 1.71. The summed E-state index contributed by atoms with van der Waals surface area (Å²) in [5.74, 6) is 0.981. The minimum Gasteiger partial charge on any atom is -0.356 e. The maximum Gasteiger partial charge on any atom is 0.203 e. The van der Waals surface area contributed by atoms with Crippen LogP contribution in [0.5, 0.6) is 0 Å². The summed E-state index contributed by atoms with van der Waals surface area (Å²) in [5, 5.41) is 3.32. The van der Waals surface area contributed by atoms with Crippen LogP contribution in [0.15, 0.2) is 36.7 Å². The zero-order valence-corrected chi connectivity index (χ0v) is 10.1. The molecule has 1 aliphatic rings. The van der Waals surface area contributed by atoms with E-state index in [1.54, 1.807) is 0 Å². The molecule has 1 unspecified atom stereocenters. The molecule has 3 nitrogen and oxygen atoms in total. The zero-order valence-electron chi connectivity index (χ0n) is 10.1. The molecule has 0 amide bonds. The highest BCUT2D eigenvalue weighted by Crippen LogP contribution is 2.35. The van der Waals surface area contributed by atoms with Crippen LogP contribution in [-0.4, -0.2) is 16.1 Å². The summed E-state index contributed by atoms with van der Waals surface area (Å²) < 4.78 is 2.26. The van der Waals surface area contributed by atoms with Crippen LogP contribution in [-0.2, 0) is 6.42 Å². The van der Waals surface area contributed by atoms with E-state index in [9.17, 15) is 0 Å². The number of hydrogen-bond acceptors (Lipinski definition) is 2. The minimum atomic E-state index is 0.447. The van der Waals surface area contributed by atoms with Crippen molar-refractivity contribution < 1.29 is 0 Å². The van der Waals surface area contributed by atoms with Gasteiger partial charge in [-0.05, 0) is 30.9 Å². The summed E-state index contributed by atoms with van der Waals surface area (Å²) in [5.41, 5.74) is 2.93. The van der Waals surface area contributed by atoms with Gasteiger partial charge >= 0.3 is 0 Å².